The third-order valence-electron chi connectivity index (χ3n) is 2.46. The number of benzene rings is 1. The third-order valence-corrected chi connectivity index (χ3v) is 3.61. The second-order valence-corrected chi connectivity index (χ2v) is 6.04. The number of hydrogen-bond donors (Lipinski definition) is 2. The summed E-state index contributed by atoms with van der Waals surface area (Å²) in [5.41, 5.74) is 6.34. The molecule has 16 heavy (non-hydrogen) atoms. The molecule has 1 aromatic carbocycles. The summed E-state index contributed by atoms with van der Waals surface area (Å²) in [6.07, 6.45) is 1.20. The summed E-state index contributed by atoms with van der Waals surface area (Å²) in [5, 5.41) is 3.11. The molecule has 0 aliphatic heterocycles. The zero-order chi connectivity index (χ0) is 12.3. The first-order valence-electron chi connectivity index (χ1n) is 5.13. The molecule has 0 aliphatic rings. The minimum Gasteiger partial charge on any atom is -0.380 e. The number of nitrogens with one attached hydrogen (secondary N) is 1. The van der Waals surface area contributed by atoms with Gasteiger partial charge in [-0.1, -0.05) is 12.1 Å². The minimum absolute atomic E-state index is 0.0166. The lowest BCUT2D eigenvalue weighted by molar-refractivity contribution is 0.600. The molecular weight excluding hydrogens is 224 g/mol. The molecule has 0 heterocycles. The van der Waals surface area contributed by atoms with Gasteiger partial charge in [0.2, 0.25) is 0 Å². The topological polar surface area (TPSA) is 72.2 Å². The first kappa shape index (κ1) is 13.0. The van der Waals surface area contributed by atoms with Gasteiger partial charge in [0.25, 0.3) is 0 Å². The Morgan fingerprint density at radius 2 is 1.81 bits per heavy atom. The van der Waals surface area contributed by atoms with E-state index in [4.69, 9.17) is 5.73 Å². The van der Waals surface area contributed by atoms with E-state index < -0.39 is 9.84 Å². The Kier molecular flexibility index (Phi) is 3.93. The average Bonchev–Trinajstić information content (AvgIpc) is 2.16. The van der Waals surface area contributed by atoms with E-state index in [-0.39, 0.29) is 12.1 Å². The first-order valence-corrected chi connectivity index (χ1v) is 7.02. The van der Waals surface area contributed by atoms with E-state index in [1.807, 2.05) is 13.8 Å². The number of hydrogen-bond acceptors (Lipinski definition) is 4. The van der Waals surface area contributed by atoms with E-state index in [9.17, 15) is 8.42 Å². The summed E-state index contributed by atoms with van der Waals surface area (Å²) >= 11 is 0. The van der Waals surface area contributed by atoms with Crippen LogP contribution in [0.5, 0.6) is 0 Å². The second-order valence-electron chi connectivity index (χ2n) is 4.06. The third kappa shape index (κ3) is 3.21. The van der Waals surface area contributed by atoms with Crippen LogP contribution in [0.4, 0.5) is 5.69 Å². The Morgan fingerprint density at radius 3 is 2.31 bits per heavy atom. The lowest BCUT2D eigenvalue weighted by Crippen LogP contribution is -2.35. The van der Waals surface area contributed by atoms with Gasteiger partial charge in [0.1, 0.15) is 0 Å². The van der Waals surface area contributed by atoms with Crippen LogP contribution in [-0.2, 0) is 9.84 Å². The van der Waals surface area contributed by atoms with Crippen LogP contribution in [-0.4, -0.2) is 26.8 Å². The van der Waals surface area contributed by atoms with E-state index in [1.165, 1.54) is 6.26 Å². The highest BCUT2D eigenvalue weighted by atomic mass is 32.2. The van der Waals surface area contributed by atoms with Crippen molar-refractivity contribution in [1.82, 2.24) is 0 Å². The molecule has 1 rings (SSSR count). The highest BCUT2D eigenvalue weighted by molar-refractivity contribution is 7.90. The fraction of sp³-hybridized carbons (Fsp3) is 0.455. The van der Waals surface area contributed by atoms with Crippen LogP contribution in [0.3, 0.4) is 0 Å². The molecule has 0 amide bonds. The van der Waals surface area contributed by atoms with Gasteiger partial charge in [0.15, 0.2) is 9.84 Å². The highest BCUT2D eigenvalue weighted by Crippen LogP contribution is 2.21. The SMILES string of the molecule is CC(N)C(C)Nc1ccccc1S(C)(=O)=O. The van der Waals surface area contributed by atoms with Crippen molar-refractivity contribution in [2.75, 3.05) is 11.6 Å². The van der Waals surface area contributed by atoms with E-state index >= 15 is 0 Å². The molecule has 2 atom stereocenters. The Labute approximate surface area is 96.8 Å². The number of para-hydroxylation sites is 1. The first-order chi connectivity index (χ1) is 7.32. The lowest BCUT2D eigenvalue weighted by Gasteiger charge is -2.20. The normalized spacial score (nSPS) is 15.5. The maximum Gasteiger partial charge on any atom is 0.177 e. The monoisotopic (exact) mass is 242 g/mol. The molecule has 4 nitrogen and oxygen atoms in total. The van der Waals surface area contributed by atoms with Gasteiger partial charge in [-0.25, -0.2) is 8.42 Å². The Morgan fingerprint density at radius 1 is 1.25 bits per heavy atom. The molecule has 90 valence electrons. The zero-order valence-electron chi connectivity index (χ0n) is 9.77. The molecule has 0 saturated heterocycles. The van der Waals surface area contributed by atoms with Gasteiger partial charge in [0, 0.05) is 18.3 Å². The maximum absolute atomic E-state index is 11.5. The quantitative estimate of drug-likeness (QED) is 0.833. The van der Waals surface area contributed by atoms with Crippen LogP contribution in [0.1, 0.15) is 13.8 Å². The van der Waals surface area contributed by atoms with Gasteiger partial charge >= 0.3 is 0 Å². The van der Waals surface area contributed by atoms with Crippen LogP contribution >= 0.6 is 0 Å². The van der Waals surface area contributed by atoms with Crippen LogP contribution in [0, 0.1) is 0 Å². The van der Waals surface area contributed by atoms with Gasteiger partial charge in [-0.15, -0.1) is 0 Å². The summed E-state index contributed by atoms with van der Waals surface area (Å²) in [6, 6.07) is 6.81. The van der Waals surface area contributed by atoms with Gasteiger partial charge in [-0.05, 0) is 26.0 Å². The number of nitrogens with two attached hydrogens (primary N) is 1. The Hall–Kier alpha value is -1.07. The standard InChI is InChI=1S/C11H18N2O2S/c1-8(12)9(2)13-10-6-4-5-7-11(10)16(3,14)15/h4-9,13H,12H2,1-3H3. The molecule has 0 aliphatic carbocycles. The molecule has 0 radical (unpaired) electrons. The van der Waals surface area contributed by atoms with Crippen molar-refractivity contribution in [2.45, 2.75) is 30.8 Å². The van der Waals surface area contributed by atoms with Crippen molar-refractivity contribution in [2.24, 2.45) is 5.73 Å². The van der Waals surface area contributed by atoms with Crippen molar-refractivity contribution >= 4 is 15.5 Å². The largest absolute Gasteiger partial charge is 0.380 e. The van der Waals surface area contributed by atoms with Crippen molar-refractivity contribution < 1.29 is 8.42 Å². The van der Waals surface area contributed by atoms with E-state index in [0.29, 0.717) is 10.6 Å². The van der Waals surface area contributed by atoms with Crippen molar-refractivity contribution in [3.63, 3.8) is 0 Å². The van der Waals surface area contributed by atoms with E-state index in [1.54, 1.807) is 24.3 Å². The minimum atomic E-state index is -3.21. The number of anilines is 1. The smallest absolute Gasteiger partial charge is 0.177 e. The van der Waals surface area contributed by atoms with E-state index in [2.05, 4.69) is 5.32 Å². The number of rotatable bonds is 4. The predicted octanol–water partition coefficient (Wildman–Crippen LogP) is 1.24. The molecule has 0 bridgehead atoms. The maximum atomic E-state index is 11.5. The molecule has 0 spiro atoms. The van der Waals surface area contributed by atoms with Gasteiger partial charge in [-0.3, -0.25) is 0 Å². The van der Waals surface area contributed by atoms with Crippen molar-refractivity contribution in [3.8, 4) is 0 Å². The summed E-state index contributed by atoms with van der Waals surface area (Å²) in [7, 11) is -3.21. The predicted molar refractivity (Wildman–Crippen MR) is 66.3 cm³/mol. The highest BCUT2D eigenvalue weighted by Gasteiger charge is 2.15. The van der Waals surface area contributed by atoms with E-state index in [0.717, 1.165) is 0 Å². The van der Waals surface area contributed by atoms with Crippen LogP contribution in [0.25, 0.3) is 0 Å². The Balaban J connectivity index is 3.06. The van der Waals surface area contributed by atoms with Gasteiger partial charge in [0.05, 0.1) is 10.6 Å². The van der Waals surface area contributed by atoms with Gasteiger partial charge in [-0.2, -0.15) is 0 Å². The van der Waals surface area contributed by atoms with Crippen molar-refractivity contribution in [3.05, 3.63) is 24.3 Å². The summed E-state index contributed by atoms with van der Waals surface area (Å²) in [4.78, 5) is 0.308. The summed E-state index contributed by atoms with van der Waals surface area (Å²) in [6.45, 7) is 3.80. The van der Waals surface area contributed by atoms with Crippen LogP contribution in [0.2, 0.25) is 0 Å². The Bertz CT molecular complexity index is 455. The molecule has 2 unspecified atom stereocenters. The fourth-order valence-corrected chi connectivity index (χ4v) is 2.14. The molecule has 0 fully saturated rings. The average molecular weight is 242 g/mol. The molecule has 3 N–H and O–H groups in total. The van der Waals surface area contributed by atoms with Gasteiger partial charge < -0.3 is 11.1 Å². The number of sulfone groups is 1. The zero-order valence-corrected chi connectivity index (χ0v) is 10.6. The molecular formula is C11H18N2O2S. The molecule has 0 saturated carbocycles. The van der Waals surface area contributed by atoms with Crippen LogP contribution < -0.4 is 11.1 Å². The summed E-state index contributed by atoms with van der Waals surface area (Å²) in [5.74, 6) is 0. The fourth-order valence-electron chi connectivity index (χ4n) is 1.29. The van der Waals surface area contributed by atoms with Crippen LogP contribution in [0.15, 0.2) is 29.2 Å². The van der Waals surface area contributed by atoms with Crippen molar-refractivity contribution in [1.29, 1.82) is 0 Å². The molecule has 1 aromatic rings. The lowest BCUT2D eigenvalue weighted by atomic mass is 10.2. The summed E-state index contributed by atoms with van der Waals surface area (Å²) < 4.78 is 23.1. The molecule has 0 aromatic heterocycles. The molecule has 5 heteroatoms. The second kappa shape index (κ2) is 4.84.